The molecule has 1 heterocycles. The topological polar surface area (TPSA) is 29.9 Å². The molecule has 1 aromatic heterocycles. The number of benzene rings is 1. The maximum absolute atomic E-state index is 4.33. The maximum atomic E-state index is 4.33. The number of para-hydroxylation sites is 2. The van der Waals surface area contributed by atoms with Crippen molar-refractivity contribution >= 4 is 5.69 Å². The van der Waals surface area contributed by atoms with E-state index in [0.29, 0.717) is 6.04 Å². The van der Waals surface area contributed by atoms with Crippen LogP contribution >= 0.6 is 0 Å². The van der Waals surface area contributed by atoms with Crippen molar-refractivity contribution in [3.63, 3.8) is 0 Å². The summed E-state index contributed by atoms with van der Waals surface area (Å²) in [6.07, 6.45) is 9.05. The quantitative estimate of drug-likeness (QED) is 0.899. The third kappa shape index (κ3) is 2.65. The average Bonchev–Trinajstić information content (AvgIpc) is 3.10. The molecule has 0 amide bonds. The monoisotopic (exact) mass is 255 g/mol. The van der Waals surface area contributed by atoms with Crippen LogP contribution in [0.25, 0.3) is 5.69 Å². The predicted octanol–water partition coefficient (Wildman–Crippen LogP) is 3.86. The van der Waals surface area contributed by atoms with Gasteiger partial charge < -0.3 is 5.32 Å². The van der Waals surface area contributed by atoms with Crippen LogP contribution in [0.2, 0.25) is 0 Å². The van der Waals surface area contributed by atoms with Crippen LogP contribution in [0.15, 0.2) is 42.7 Å². The third-order valence-corrected chi connectivity index (χ3v) is 4.13. The second kappa shape index (κ2) is 5.47. The Labute approximate surface area is 114 Å². The first-order chi connectivity index (χ1) is 9.36. The van der Waals surface area contributed by atoms with Crippen LogP contribution in [-0.2, 0) is 0 Å². The van der Waals surface area contributed by atoms with E-state index in [0.717, 1.165) is 11.6 Å². The molecule has 0 aliphatic heterocycles. The molecule has 0 bridgehead atoms. The Kier molecular flexibility index (Phi) is 3.53. The van der Waals surface area contributed by atoms with Gasteiger partial charge in [-0.25, -0.2) is 4.68 Å². The number of hydrogen-bond donors (Lipinski definition) is 1. The standard InChI is InChI=1S/C16H21N3/c1-2-13-8-9-14(12-13)18-15-6-3-4-7-16(15)19-11-5-10-17-19/h3-7,10-11,13-14,18H,2,8-9,12H2,1H3. The zero-order valence-electron chi connectivity index (χ0n) is 11.4. The van der Waals surface area contributed by atoms with E-state index in [1.165, 1.54) is 31.4 Å². The molecule has 0 spiro atoms. The van der Waals surface area contributed by atoms with Gasteiger partial charge in [0.15, 0.2) is 0 Å². The smallest absolute Gasteiger partial charge is 0.0876 e. The van der Waals surface area contributed by atoms with Crippen molar-refractivity contribution in [2.45, 2.75) is 38.6 Å². The van der Waals surface area contributed by atoms with E-state index in [1.807, 2.05) is 23.1 Å². The minimum absolute atomic E-state index is 0.613. The second-order valence-electron chi connectivity index (χ2n) is 5.40. The maximum Gasteiger partial charge on any atom is 0.0876 e. The summed E-state index contributed by atoms with van der Waals surface area (Å²) < 4.78 is 1.93. The van der Waals surface area contributed by atoms with Gasteiger partial charge in [-0.2, -0.15) is 5.10 Å². The normalized spacial score (nSPS) is 22.6. The van der Waals surface area contributed by atoms with Crippen molar-refractivity contribution in [3.05, 3.63) is 42.7 Å². The zero-order chi connectivity index (χ0) is 13.1. The highest BCUT2D eigenvalue weighted by Crippen LogP contribution is 2.31. The first kappa shape index (κ1) is 12.3. The van der Waals surface area contributed by atoms with Crippen LogP contribution < -0.4 is 5.32 Å². The highest BCUT2D eigenvalue weighted by Gasteiger charge is 2.23. The lowest BCUT2D eigenvalue weighted by Gasteiger charge is -2.17. The van der Waals surface area contributed by atoms with E-state index in [2.05, 4.69) is 41.6 Å². The lowest BCUT2D eigenvalue weighted by atomic mass is 10.1. The van der Waals surface area contributed by atoms with Crippen LogP contribution in [-0.4, -0.2) is 15.8 Å². The van der Waals surface area contributed by atoms with E-state index in [9.17, 15) is 0 Å². The fourth-order valence-corrected chi connectivity index (χ4v) is 3.00. The van der Waals surface area contributed by atoms with E-state index >= 15 is 0 Å². The fraction of sp³-hybridized carbons (Fsp3) is 0.438. The highest BCUT2D eigenvalue weighted by atomic mass is 15.3. The number of nitrogens with zero attached hydrogens (tertiary/aromatic N) is 2. The van der Waals surface area contributed by atoms with E-state index in [1.54, 1.807) is 0 Å². The van der Waals surface area contributed by atoms with Crippen LogP contribution in [0.3, 0.4) is 0 Å². The summed E-state index contributed by atoms with van der Waals surface area (Å²) >= 11 is 0. The van der Waals surface area contributed by atoms with Crippen LogP contribution in [0.5, 0.6) is 0 Å². The molecule has 3 nitrogen and oxygen atoms in total. The predicted molar refractivity (Wildman–Crippen MR) is 78.6 cm³/mol. The van der Waals surface area contributed by atoms with E-state index < -0.39 is 0 Å². The van der Waals surface area contributed by atoms with Crippen LogP contribution in [0.4, 0.5) is 5.69 Å². The molecule has 0 radical (unpaired) electrons. The first-order valence-electron chi connectivity index (χ1n) is 7.22. The van der Waals surface area contributed by atoms with Gasteiger partial charge in [0.05, 0.1) is 11.4 Å². The summed E-state index contributed by atoms with van der Waals surface area (Å²) in [5, 5.41) is 8.03. The minimum atomic E-state index is 0.613. The van der Waals surface area contributed by atoms with Crippen molar-refractivity contribution in [2.24, 2.45) is 5.92 Å². The van der Waals surface area contributed by atoms with Crippen molar-refractivity contribution in [1.82, 2.24) is 9.78 Å². The van der Waals surface area contributed by atoms with Gasteiger partial charge in [-0.3, -0.25) is 0 Å². The molecular formula is C16H21N3. The number of nitrogens with one attached hydrogen (secondary N) is 1. The van der Waals surface area contributed by atoms with Crippen molar-refractivity contribution in [2.75, 3.05) is 5.32 Å². The van der Waals surface area contributed by atoms with Crippen molar-refractivity contribution in [3.8, 4) is 5.69 Å². The van der Waals surface area contributed by atoms with Crippen LogP contribution in [0, 0.1) is 5.92 Å². The lowest BCUT2D eigenvalue weighted by Crippen LogP contribution is -2.17. The molecule has 1 aliphatic carbocycles. The number of rotatable bonds is 4. The van der Waals surface area contributed by atoms with E-state index in [4.69, 9.17) is 0 Å². The van der Waals surface area contributed by atoms with Crippen LogP contribution in [0.1, 0.15) is 32.6 Å². The molecule has 0 saturated heterocycles. The second-order valence-corrected chi connectivity index (χ2v) is 5.40. The average molecular weight is 255 g/mol. The molecule has 1 fully saturated rings. The molecule has 1 aromatic carbocycles. The molecule has 1 aliphatic rings. The van der Waals surface area contributed by atoms with Crippen molar-refractivity contribution < 1.29 is 0 Å². The molecule has 2 unspecified atom stereocenters. The Morgan fingerprint density at radius 2 is 2.16 bits per heavy atom. The van der Waals surface area contributed by atoms with Gasteiger partial charge in [-0.05, 0) is 43.4 Å². The van der Waals surface area contributed by atoms with Gasteiger partial charge in [0.25, 0.3) is 0 Å². The molecule has 2 atom stereocenters. The number of hydrogen-bond acceptors (Lipinski definition) is 2. The Morgan fingerprint density at radius 3 is 2.89 bits per heavy atom. The van der Waals surface area contributed by atoms with Gasteiger partial charge in [-0.15, -0.1) is 0 Å². The van der Waals surface area contributed by atoms with Gasteiger partial charge in [0.2, 0.25) is 0 Å². The summed E-state index contributed by atoms with van der Waals surface area (Å²) in [4.78, 5) is 0. The summed E-state index contributed by atoms with van der Waals surface area (Å²) in [6.45, 7) is 2.30. The van der Waals surface area contributed by atoms with Gasteiger partial charge >= 0.3 is 0 Å². The highest BCUT2D eigenvalue weighted by molar-refractivity contribution is 5.61. The Morgan fingerprint density at radius 1 is 1.26 bits per heavy atom. The molecule has 3 rings (SSSR count). The van der Waals surface area contributed by atoms with Crippen molar-refractivity contribution in [1.29, 1.82) is 0 Å². The molecule has 1 saturated carbocycles. The Hall–Kier alpha value is -1.77. The fourth-order valence-electron chi connectivity index (χ4n) is 3.00. The summed E-state index contributed by atoms with van der Waals surface area (Å²) in [7, 11) is 0. The molecule has 1 N–H and O–H groups in total. The van der Waals surface area contributed by atoms with Gasteiger partial charge in [0, 0.05) is 18.4 Å². The Bertz CT molecular complexity index is 519. The summed E-state index contributed by atoms with van der Waals surface area (Å²) in [5.41, 5.74) is 2.32. The molecule has 2 aromatic rings. The zero-order valence-corrected chi connectivity index (χ0v) is 11.4. The number of aromatic nitrogens is 2. The Balaban J connectivity index is 1.78. The first-order valence-corrected chi connectivity index (χ1v) is 7.22. The largest absolute Gasteiger partial charge is 0.381 e. The molecular weight excluding hydrogens is 234 g/mol. The summed E-state index contributed by atoms with van der Waals surface area (Å²) in [6, 6.07) is 11.0. The van der Waals surface area contributed by atoms with Gasteiger partial charge in [-0.1, -0.05) is 25.5 Å². The minimum Gasteiger partial charge on any atom is -0.381 e. The van der Waals surface area contributed by atoms with E-state index in [-0.39, 0.29) is 0 Å². The molecule has 19 heavy (non-hydrogen) atoms. The molecule has 3 heteroatoms. The SMILES string of the molecule is CCC1CCC(Nc2ccccc2-n2cccn2)C1. The lowest BCUT2D eigenvalue weighted by molar-refractivity contribution is 0.525. The summed E-state index contributed by atoms with van der Waals surface area (Å²) in [5.74, 6) is 0.898. The molecule has 100 valence electrons. The van der Waals surface area contributed by atoms with Gasteiger partial charge in [0.1, 0.15) is 0 Å². The third-order valence-electron chi connectivity index (χ3n) is 4.13. The number of anilines is 1.